The van der Waals surface area contributed by atoms with E-state index in [-0.39, 0.29) is 0 Å². The second-order valence-corrected chi connectivity index (χ2v) is 6.43. The number of thiophene rings is 1. The maximum Gasteiger partial charge on any atom is 0.346 e. The fraction of sp³-hybridized carbons (Fsp3) is 0.500. The summed E-state index contributed by atoms with van der Waals surface area (Å²) < 4.78 is 0. The van der Waals surface area contributed by atoms with Gasteiger partial charge >= 0.3 is 5.97 Å². The predicted molar refractivity (Wildman–Crippen MR) is 79.7 cm³/mol. The Balaban J connectivity index is 2.13. The van der Waals surface area contributed by atoms with E-state index in [2.05, 4.69) is 21.8 Å². The zero-order chi connectivity index (χ0) is 14.3. The summed E-state index contributed by atoms with van der Waals surface area (Å²) in [5.41, 5.74) is 0.784. The van der Waals surface area contributed by atoms with Crippen LogP contribution in [-0.4, -0.2) is 34.1 Å². The number of carboxylic acid groups (broad SMARTS) is 1. The first-order valence-corrected chi connectivity index (χ1v) is 7.62. The highest BCUT2D eigenvalue weighted by Gasteiger charge is 2.24. The lowest BCUT2D eigenvalue weighted by Gasteiger charge is -2.32. The van der Waals surface area contributed by atoms with Crippen molar-refractivity contribution in [2.24, 2.45) is 5.92 Å². The van der Waals surface area contributed by atoms with Crippen LogP contribution in [0, 0.1) is 12.8 Å². The molecule has 0 amide bonds. The number of nitrogens with zero attached hydrogens (tertiary/aromatic N) is 3. The molecule has 1 unspecified atom stereocenters. The van der Waals surface area contributed by atoms with Crippen LogP contribution in [0.2, 0.25) is 0 Å². The molecule has 2 aromatic rings. The van der Waals surface area contributed by atoms with Crippen LogP contribution in [0.5, 0.6) is 0 Å². The monoisotopic (exact) mass is 291 g/mol. The number of aryl methyl sites for hydroxylation is 1. The summed E-state index contributed by atoms with van der Waals surface area (Å²) >= 11 is 1.23. The molecule has 0 bridgehead atoms. The number of carbonyl (C=O) groups is 1. The smallest absolute Gasteiger partial charge is 0.346 e. The molecule has 0 aromatic carbocycles. The zero-order valence-corrected chi connectivity index (χ0v) is 12.4. The quantitative estimate of drug-likeness (QED) is 0.921. The SMILES string of the molecule is Cc1c(C(=O)O)sc2ncnc(N3CCCC(C)C3)c12. The Hall–Kier alpha value is -1.69. The lowest BCUT2D eigenvalue weighted by atomic mass is 10.00. The Kier molecular flexibility index (Phi) is 3.33. The average molecular weight is 291 g/mol. The van der Waals surface area contributed by atoms with Gasteiger partial charge in [-0.3, -0.25) is 0 Å². The first kappa shape index (κ1) is 13.3. The lowest BCUT2D eigenvalue weighted by Crippen LogP contribution is -2.35. The predicted octanol–water partition coefficient (Wildman–Crippen LogP) is 2.93. The van der Waals surface area contributed by atoms with Gasteiger partial charge in [-0.15, -0.1) is 11.3 Å². The molecule has 2 aromatic heterocycles. The third-order valence-corrected chi connectivity index (χ3v) is 5.05. The molecule has 0 spiro atoms. The van der Waals surface area contributed by atoms with Gasteiger partial charge in [0.05, 0.1) is 5.39 Å². The Bertz CT molecular complexity index is 668. The van der Waals surface area contributed by atoms with Crippen LogP contribution in [0.15, 0.2) is 6.33 Å². The Morgan fingerprint density at radius 2 is 2.30 bits per heavy atom. The van der Waals surface area contributed by atoms with Crippen molar-refractivity contribution in [3.63, 3.8) is 0 Å². The maximum absolute atomic E-state index is 11.3. The van der Waals surface area contributed by atoms with Crippen LogP contribution < -0.4 is 4.90 Å². The fourth-order valence-corrected chi connectivity index (χ4v) is 3.86. The molecule has 1 aliphatic heterocycles. The summed E-state index contributed by atoms with van der Waals surface area (Å²) in [6.07, 6.45) is 3.94. The van der Waals surface area contributed by atoms with E-state index in [1.807, 2.05) is 6.92 Å². The van der Waals surface area contributed by atoms with Gasteiger partial charge in [0.2, 0.25) is 0 Å². The summed E-state index contributed by atoms with van der Waals surface area (Å²) in [4.78, 5) is 23.3. The molecule has 3 rings (SSSR count). The number of fused-ring (bicyclic) bond motifs is 1. The number of aromatic carboxylic acids is 1. The van der Waals surface area contributed by atoms with Crippen LogP contribution in [0.3, 0.4) is 0 Å². The van der Waals surface area contributed by atoms with Crippen molar-refractivity contribution >= 4 is 33.3 Å². The normalized spacial score (nSPS) is 19.5. The van der Waals surface area contributed by atoms with E-state index >= 15 is 0 Å². The number of carboxylic acids is 1. The Labute approximate surface area is 121 Å². The molecule has 5 nitrogen and oxygen atoms in total. The summed E-state index contributed by atoms with van der Waals surface area (Å²) in [6, 6.07) is 0. The Morgan fingerprint density at radius 3 is 3.00 bits per heavy atom. The number of hydrogen-bond donors (Lipinski definition) is 1. The minimum Gasteiger partial charge on any atom is -0.477 e. The molecule has 106 valence electrons. The number of hydrogen-bond acceptors (Lipinski definition) is 5. The molecule has 20 heavy (non-hydrogen) atoms. The highest BCUT2D eigenvalue weighted by atomic mass is 32.1. The van der Waals surface area contributed by atoms with Crippen LogP contribution in [-0.2, 0) is 0 Å². The van der Waals surface area contributed by atoms with Gasteiger partial charge in [0, 0.05) is 13.1 Å². The summed E-state index contributed by atoms with van der Waals surface area (Å²) in [5, 5.41) is 10.2. The van der Waals surface area contributed by atoms with Gasteiger partial charge in [0.15, 0.2) is 0 Å². The van der Waals surface area contributed by atoms with Gasteiger partial charge in [-0.25, -0.2) is 14.8 Å². The number of aromatic nitrogens is 2. The van der Waals surface area contributed by atoms with E-state index in [0.717, 1.165) is 41.1 Å². The zero-order valence-electron chi connectivity index (χ0n) is 11.6. The van der Waals surface area contributed by atoms with Gasteiger partial charge < -0.3 is 10.0 Å². The topological polar surface area (TPSA) is 66.3 Å². The van der Waals surface area contributed by atoms with Crippen LogP contribution >= 0.6 is 11.3 Å². The minimum atomic E-state index is -0.886. The number of anilines is 1. The minimum absolute atomic E-state index is 0.367. The maximum atomic E-state index is 11.3. The van der Waals surface area contributed by atoms with E-state index in [4.69, 9.17) is 0 Å². The van der Waals surface area contributed by atoms with Crippen molar-refractivity contribution in [3.8, 4) is 0 Å². The van der Waals surface area contributed by atoms with Crippen molar-refractivity contribution in [1.29, 1.82) is 0 Å². The molecule has 1 atom stereocenters. The van der Waals surface area contributed by atoms with Crippen molar-refractivity contribution in [2.45, 2.75) is 26.7 Å². The van der Waals surface area contributed by atoms with E-state index in [9.17, 15) is 9.90 Å². The van der Waals surface area contributed by atoms with Crippen LogP contribution in [0.25, 0.3) is 10.2 Å². The summed E-state index contributed by atoms with van der Waals surface area (Å²) in [6.45, 7) is 6.05. The van der Waals surface area contributed by atoms with Crippen molar-refractivity contribution in [2.75, 3.05) is 18.0 Å². The number of rotatable bonds is 2. The second kappa shape index (κ2) is 5.01. The molecule has 1 saturated heterocycles. The van der Waals surface area contributed by atoms with E-state index in [0.29, 0.717) is 10.8 Å². The molecule has 1 aliphatic rings. The number of piperidine rings is 1. The van der Waals surface area contributed by atoms with Crippen molar-refractivity contribution in [3.05, 3.63) is 16.8 Å². The molecule has 1 N–H and O–H groups in total. The molecule has 0 aliphatic carbocycles. The van der Waals surface area contributed by atoms with Gasteiger partial charge in [-0.05, 0) is 31.2 Å². The molecule has 3 heterocycles. The van der Waals surface area contributed by atoms with Gasteiger partial charge in [0.25, 0.3) is 0 Å². The highest BCUT2D eigenvalue weighted by molar-refractivity contribution is 7.20. The second-order valence-electron chi connectivity index (χ2n) is 5.43. The third-order valence-electron chi connectivity index (χ3n) is 3.86. The first-order chi connectivity index (χ1) is 9.58. The van der Waals surface area contributed by atoms with Crippen molar-refractivity contribution in [1.82, 2.24) is 9.97 Å². The largest absolute Gasteiger partial charge is 0.477 e. The van der Waals surface area contributed by atoms with Gasteiger partial charge in [0.1, 0.15) is 21.9 Å². The van der Waals surface area contributed by atoms with E-state index in [1.165, 1.54) is 17.8 Å². The lowest BCUT2D eigenvalue weighted by molar-refractivity contribution is 0.0701. The standard InChI is InChI=1S/C14H17N3O2S/c1-8-4-3-5-17(6-8)12-10-9(2)11(14(18)19)20-13(10)16-7-15-12/h7-8H,3-6H2,1-2H3,(H,18,19). The first-order valence-electron chi connectivity index (χ1n) is 6.80. The molecule has 1 fully saturated rings. The van der Waals surface area contributed by atoms with E-state index < -0.39 is 5.97 Å². The molecule has 0 radical (unpaired) electrons. The van der Waals surface area contributed by atoms with Crippen molar-refractivity contribution < 1.29 is 9.90 Å². The van der Waals surface area contributed by atoms with Gasteiger partial charge in [-0.1, -0.05) is 6.92 Å². The highest BCUT2D eigenvalue weighted by Crippen LogP contribution is 2.36. The summed E-state index contributed by atoms with van der Waals surface area (Å²) in [7, 11) is 0. The van der Waals surface area contributed by atoms with Gasteiger partial charge in [-0.2, -0.15) is 0 Å². The van der Waals surface area contributed by atoms with Crippen LogP contribution in [0.4, 0.5) is 5.82 Å². The summed E-state index contributed by atoms with van der Waals surface area (Å²) in [5.74, 6) is 0.651. The average Bonchev–Trinajstić information content (AvgIpc) is 2.76. The third kappa shape index (κ3) is 2.14. The molecular formula is C14H17N3O2S. The van der Waals surface area contributed by atoms with Crippen LogP contribution in [0.1, 0.15) is 35.0 Å². The fourth-order valence-electron chi connectivity index (χ4n) is 2.88. The molecular weight excluding hydrogens is 274 g/mol. The van der Waals surface area contributed by atoms with E-state index in [1.54, 1.807) is 6.33 Å². The Morgan fingerprint density at radius 1 is 1.50 bits per heavy atom. The molecule has 6 heteroatoms. The molecule has 0 saturated carbocycles.